The van der Waals surface area contributed by atoms with E-state index in [1.807, 2.05) is 18.2 Å². The van der Waals surface area contributed by atoms with E-state index in [0.29, 0.717) is 21.7 Å². The van der Waals surface area contributed by atoms with Gasteiger partial charge in [-0.25, -0.2) is 10.4 Å². The number of aromatic nitrogens is 2. The number of hydrazone groups is 1. The van der Waals surface area contributed by atoms with Crippen LogP contribution in [0.4, 0.5) is 5.69 Å². The second kappa shape index (κ2) is 10.3. The van der Waals surface area contributed by atoms with Crippen LogP contribution >= 0.6 is 23.4 Å². The van der Waals surface area contributed by atoms with E-state index < -0.39 is 10.8 Å². The number of nitro groups is 1. The van der Waals surface area contributed by atoms with E-state index in [9.17, 15) is 19.7 Å². The van der Waals surface area contributed by atoms with Crippen molar-refractivity contribution in [1.82, 2.24) is 15.0 Å². The number of benzene rings is 3. The molecular formula is C23H16ClN5O4S. The maximum absolute atomic E-state index is 13.2. The van der Waals surface area contributed by atoms with Crippen molar-refractivity contribution in [2.24, 2.45) is 5.10 Å². The quantitative estimate of drug-likeness (QED) is 0.135. The Morgan fingerprint density at radius 1 is 1.15 bits per heavy atom. The molecule has 0 bridgehead atoms. The predicted octanol–water partition coefficient (Wildman–Crippen LogP) is 4.19. The summed E-state index contributed by atoms with van der Waals surface area (Å²) in [5.41, 5.74) is 3.42. The molecule has 34 heavy (non-hydrogen) atoms. The van der Waals surface area contributed by atoms with Crippen molar-refractivity contribution in [1.29, 1.82) is 0 Å². The van der Waals surface area contributed by atoms with Crippen LogP contribution in [0.5, 0.6) is 0 Å². The number of carbonyl (C=O) groups excluding carboxylic acids is 1. The second-order valence-electron chi connectivity index (χ2n) is 6.93. The highest BCUT2D eigenvalue weighted by Gasteiger charge is 2.14. The fraction of sp³-hybridized carbons (Fsp3) is 0.0435. The topological polar surface area (TPSA) is 119 Å². The number of hydrogen-bond donors (Lipinski definition) is 1. The number of rotatable bonds is 7. The van der Waals surface area contributed by atoms with Crippen molar-refractivity contribution in [3.05, 3.63) is 104 Å². The fourth-order valence-electron chi connectivity index (χ4n) is 3.09. The number of nitrogens with one attached hydrogen (secondary N) is 1. The molecule has 170 valence electrons. The number of amides is 1. The number of nitrogens with zero attached hydrogens (tertiary/aromatic N) is 4. The van der Waals surface area contributed by atoms with E-state index in [4.69, 9.17) is 11.6 Å². The van der Waals surface area contributed by atoms with Crippen LogP contribution in [0.3, 0.4) is 0 Å². The van der Waals surface area contributed by atoms with Gasteiger partial charge in [0.15, 0.2) is 5.16 Å². The first-order valence-corrected chi connectivity index (χ1v) is 11.3. The molecule has 0 aliphatic rings. The minimum atomic E-state index is -0.550. The first kappa shape index (κ1) is 23.1. The summed E-state index contributed by atoms with van der Waals surface area (Å²) in [4.78, 5) is 40.5. The molecule has 0 spiro atoms. The molecule has 0 unspecified atom stereocenters. The molecule has 0 aliphatic heterocycles. The number of hydrogen-bond acceptors (Lipinski definition) is 7. The predicted molar refractivity (Wildman–Crippen MR) is 132 cm³/mol. The van der Waals surface area contributed by atoms with Gasteiger partial charge in [0.05, 0.1) is 33.5 Å². The molecule has 0 radical (unpaired) electrons. The smallest absolute Gasteiger partial charge is 0.270 e. The Balaban J connectivity index is 1.53. The van der Waals surface area contributed by atoms with Crippen LogP contribution in [-0.2, 0) is 4.79 Å². The Hall–Kier alpha value is -4.02. The summed E-state index contributed by atoms with van der Waals surface area (Å²) in [5.74, 6) is -0.526. The van der Waals surface area contributed by atoms with E-state index in [-0.39, 0.29) is 27.6 Å². The van der Waals surface area contributed by atoms with Gasteiger partial charge in [0.1, 0.15) is 0 Å². The standard InChI is InChI=1S/C23H16ClN5O4S/c24-19-11-10-17(29(32)33)12-15(19)13-25-27-21(30)14-34-23-26-20-9-5-4-8-18(20)22(31)28(23)16-6-2-1-3-7-16/h1-13H,14H2,(H,27,30). The van der Waals surface area contributed by atoms with Crippen molar-refractivity contribution in [3.63, 3.8) is 0 Å². The molecule has 0 saturated heterocycles. The van der Waals surface area contributed by atoms with Crippen LogP contribution in [0, 0.1) is 10.1 Å². The van der Waals surface area contributed by atoms with Gasteiger partial charge in [-0.05, 0) is 30.3 Å². The van der Waals surface area contributed by atoms with Crippen LogP contribution in [-0.4, -0.2) is 32.3 Å². The van der Waals surface area contributed by atoms with Crippen LogP contribution in [0.1, 0.15) is 5.56 Å². The fourth-order valence-corrected chi connectivity index (χ4v) is 4.07. The van der Waals surface area contributed by atoms with Gasteiger partial charge in [-0.3, -0.25) is 24.3 Å². The van der Waals surface area contributed by atoms with Crippen molar-refractivity contribution in [3.8, 4) is 5.69 Å². The van der Waals surface area contributed by atoms with Gasteiger partial charge in [0.25, 0.3) is 17.2 Å². The van der Waals surface area contributed by atoms with Crippen LogP contribution in [0.2, 0.25) is 5.02 Å². The summed E-state index contributed by atoms with van der Waals surface area (Å²) in [6.07, 6.45) is 1.23. The summed E-state index contributed by atoms with van der Waals surface area (Å²) in [6.45, 7) is 0. The zero-order valence-electron chi connectivity index (χ0n) is 17.4. The van der Waals surface area contributed by atoms with Crippen molar-refractivity contribution in [2.75, 3.05) is 5.75 Å². The first-order chi connectivity index (χ1) is 16.4. The van der Waals surface area contributed by atoms with E-state index in [0.717, 1.165) is 11.8 Å². The van der Waals surface area contributed by atoms with Gasteiger partial charge >= 0.3 is 0 Å². The Labute approximate surface area is 202 Å². The number of halogens is 1. The molecule has 0 atom stereocenters. The molecule has 1 amide bonds. The third kappa shape index (κ3) is 5.13. The molecule has 1 N–H and O–H groups in total. The van der Waals surface area contributed by atoms with Crippen LogP contribution in [0.15, 0.2) is 87.8 Å². The number of fused-ring (bicyclic) bond motifs is 1. The molecule has 9 nitrogen and oxygen atoms in total. The van der Waals surface area contributed by atoms with Crippen molar-refractivity contribution >= 4 is 52.1 Å². The summed E-state index contributed by atoms with van der Waals surface area (Å²) in [7, 11) is 0. The minimum absolute atomic E-state index is 0.0718. The zero-order valence-corrected chi connectivity index (χ0v) is 19.0. The highest BCUT2D eigenvalue weighted by atomic mass is 35.5. The lowest BCUT2D eigenvalue weighted by atomic mass is 10.2. The molecule has 3 aromatic carbocycles. The van der Waals surface area contributed by atoms with Gasteiger partial charge in [-0.2, -0.15) is 5.10 Å². The molecule has 1 heterocycles. The Kier molecular flexibility index (Phi) is 7.00. The van der Waals surface area contributed by atoms with Gasteiger partial charge in [-0.1, -0.05) is 53.7 Å². The number of non-ortho nitro benzene ring substituents is 1. The Morgan fingerprint density at radius 3 is 2.65 bits per heavy atom. The zero-order chi connectivity index (χ0) is 24.1. The molecule has 0 fully saturated rings. The normalized spacial score (nSPS) is 11.1. The summed E-state index contributed by atoms with van der Waals surface area (Å²) in [6, 6.07) is 20.0. The summed E-state index contributed by atoms with van der Waals surface area (Å²) < 4.78 is 1.46. The SMILES string of the molecule is O=C(CSc1nc2ccccc2c(=O)n1-c1ccccc1)NN=Cc1cc([N+](=O)[O-])ccc1Cl. The Bertz CT molecular complexity index is 1470. The molecule has 0 saturated carbocycles. The maximum Gasteiger partial charge on any atom is 0.270 e. The number of carbonyl (C=O) groups is 1. The van der Waals surface area contributed by atoms with E-state index in [2.05, 4.69) is 15.5 Å². The molecule has 4 aromatic rings. The van der Waals surface area contributed by atoms with Crippen molar-refractivity contribution < 1.29 is 9.72 Å². The first-order valence-electron chi connectivity index (χ1n) is 9.90. The summed E-state index contributed by atoms with van der Waals surface area (Å²) in [5, 5.41) is 15.8. The lowest BCUT2D eigenvalue weighted by molar-refractivity contribution is -0.384. The lowest BCUT2D eigenvalue weighted by Crippen LogP contribution is -2.24. The van der Waals surface area contributed by atoms with Crippen LogP contribution < -0.4 is 11.0 Å². The second-order valence-corrected chi connectivity index (χ2v) is 8.28. The van der Waals surface area contributed by atoms with E-state index in [1.165, 1.54) is 29.0 Å². The number of nitro benzene ring substituents is 1. The minimum Gasteiger partial charge on any atom is -0.272 e. The third-order valence-electron chi connectivity index (χ3n) is 4.67. The maximum atomic E-state index is 13.2. The monoisotopic (exact) mass is 493 g/mol. The molecule has 0 aliphatic carbocycles. The number of para-hydroxylation sites is 2. The molecule has 11 heteroatoms. The molecule has 1 aromatic heterocycles. The van der Waals surface area contributed by atoms with Gasteiger partial charge in [0.2, 0.25) is 0 Å². The highest BCUT2D eigenvalue weighted by Crippen LogP contribution is 2.22. The number of thioether (sulfide) groups is 1. The van der Waals surface area contributed by atoms with Gasteiger partial charge in [-0.15, -0.1) is 0 Å². The van der Waals surface area contributed by atoms with Crippen molar-refractivity contribution in [2.45, 2.75) is 5.16 Å². The molecular weight excluding hydrogens is 478 g/mol. The van der Waals surface area contributed by atoms with E-state index >= 15 is 0 Å². The highest BCUT2D eigenvalue weighted by molar-refractivity contribution is 7.99. The Morgan fingerprint density at radius 2 is 1.88 bits per heavy atom. The van der Waals surface area contributed by atoms with Crippen LogP contribution in [0.25, 0.3) is 16.6 Å². The van der Waals surface area contributed by atoms with E-state index in [1.54, 1.807) is 36.4 Å². The molecule has 4 rings (SSSR count). The lowest BCUT2D eigenvalue weighted by Gasteiger charge is -2.12. The third-order valence-corrected chi connectivity index (χ3v) is 5.96. The largest absolute Gasteiger partial charge is 0.272 e. The van der Waals surface area contributed by atoms with Gasteiger partial charge < -0.3 is 0 Å². The van der Waals surface area contributed by atoms with Gasteiger partial charge in [0, 0.05) is 22.7 Å². The summed E-state index contributed by atoms with van der Waals surface area (Å²) >= 11 is 7.11. The average Bonchev–Trinajstić information content (AvgIpc) is 2.84. The average molecular weight is 494 g/mol.